The van der Waals surface area contributed by atoms with Gasteiger partial charge >= 0.3 is 0 Å². The average Bonchev–Trinajstić information content (AvgIpc) is 3.05. The van der Waals surface area contributed by atoms with Crippen molar-refractivity contribution in [3.8, 4) is 11.5 Å². The Morgan fingerprint density at radius 1 is 1.58 bits per heavy atom. The fourth-order valence-corrected chi connectivity index (χ4v) is 2.30. The van der Waals surface area contributed by atoms with E-state index in [1.165, 1.54) is 0 Å². The first-order valence-electron chi connectivity index (χ1n) is 6.16. The highest BCUT2D eigenvalue weighted by Gasteiger charge is 2.09. The third-order valence-corrected chi connectivity index (χ3v) is 3.45. The van der Waals surface area contributed by atoms with E-state index in [1.54, 1.807) is 23.7 Å². The molecular weight excluding hydrogens is 258 g/mol. The molecule has 0 saturated carbocycles. The molecule has 0 fully saturated rings. The molecule has 0 amide bonds. The van der Waals surface area contributed by atoms with Gasteiger partial charge in [0.25, 0.3) is 0 Å². The minimum Gasteiger partial charge on any atom is -0.463 e. The summed E-state index contributed by atoms with van der Waals surface area (Å²) in [6.45, 7) is 8.36. The molecule has 0 saturated heterocycles. The van der Waals surface area contributed by atoms with Gasteiger partial charge in [-0.15, -0.1) is 17.9 Å². The Hall–Kier alpha value is -1.88. The zero-order valence-corrected chi connectivity index (χ0v) is 12.0. The summed E-state index contributed by atoms with van der Waals surface area (Å²) in [5, 5.41) is 6.61. The molecular formula is C14H17N3OS. The van der Waals surface area contributed by atoms with Gasteiger partial charge in [0.1, 0.15) is 5.69 Å². The van der Waals surface area contributed by atoms with Crippen molar-refractivity contribution < 1.29 is 4.42 Å². The Bertz CT molecular complexity index is 632. The molecule has 4 nitrogen and oxygen atoms in total. The van der Waals surface area contributed by atoms with Gasteiger partial charge in [-0.3, -0.25) is 4.99 Å². The predicted octanol–water partition coefficient (Wildman–Crippen LogP) is 3.53. The summed E-state index contributed by atoms with van der Waals surface area (Å²) in [5.74, 6) is 0.795. The zero-order chi connectivity index (χ0) is 13.7. The number of furan rings is 1. The van der Waals surface area contributed by atoms with E-state index in [1.807, 2.05) is 29.1 Å². The summed E-state index contributed by atoms with van der Waals surface area (Å²) >= 11 is 1.55. The van der Waals surface area contributed by atoms with Gasteiger partial charge in [-0.1, -0.05) is 13.0 Å². The summed E-state index contributed by atoms with van der Waals surface area (Å²) < 4.78 is 7.29. The van der Waals surface area contributed by atoms with Crippen LogP contribution in [0.25, 0.3) is 11.5 Å². The van der Waals surface area contributed by atoms with E-state index in [2.05, 4.69) is 23.6 Å². The van der Waals surface area contributed by atoms with Gasteiger partial charge in [0.2, 0.25) is 4.80 Å². The molecule has 0 unspecified atom stereocenters. The first kappa shape index (κ1) is 13.5. The molecule has 0 aliphatic carbocycles. The van der Waals surface area contributed by atoms with Crippen LogP contribution in [-0.2, 0) is 0 Å². The molecule has 0 spiro atoms. The number of hydrogen-bond acceptors (Lipinski definition) is 4. The Labute approximate surface area is 116 Å². The Morgan fingerprint density at radius 3 is 3.05 bits per heavy atom. The topological polar surface area (TPSA) is 42.8 Å². The maximum Gasteiger partial charge on any atom is 0.206 e. The van der Waals surface area contributed by atoms with Crippen LogP contribution in [0.4, 0.5) is 0 Å². The molecule has 0 bridgehead atoms. The molecule has 2 rings (SSSR count). The summed E-state index contributed by atoms with van der Waals surface area (Å²) in [7, 11) is 0. The Kier molecular flexibility index (Phi) is 4.52. The maximum atomic E-state index is 5.45. The van der Waals surface area contributed by atoms with E-state index in [0.717, 1.165) is 28.4 Å². The van der Waals surface area contributed by atoms with Gasteiger partial charge in [-0.05, 0) is 25.5 Å². The van der Waals surface area contributed by atoms with Gasteiger partial charge in [-0.2, -0.15) is 5.10 Å². The van der Waals surface area contributed by atoms with Crippen molar-refractivity contribution >= 4 is 17.0 Å². The second-order valence-corrected chi connectivity index (χ2v) is 4.85. The first-order valence-corrected chi connectivity index (χ1v) is 7.04. The molecule has 0 aliphatic rings. The van der Waals surface area contributed by atoms with E-state index in [-0.39, 0.29) is 0 Å². The Balaban J connectivity index is 2.56. The number of rotatable bonds is 5. The summed E-state index contributed by atoms with van der Waals surface area (Å²) in [6, 6.07) is 3.79. The highest BCUT2D eigenvalue weighted by Crippen LogP contribution is 2.20. The standard InChI is InChI=1S/C14H17N3OS/c1-4-8-15-14-17(16-11(3)5-2)12(10-19-14)13-7-6-9-18-13/h4,6-7,9-10H,1,5,8H2,2-3H3. The zero-order valence-electron chi connectivity index (χ0n) is 11.2. The highest BCUT2D eigenvalue weighted by atomic mass is 32.1. The molecule has 5 heteroatoms. The van der Waals surface area contributed by atoms with Crippen LogP contribution in [0.2, 0.25) is 0 Å². The highest BCUT2D eigenvalue weighted by molar-refractivity contribution is 7.07. The van der Waals surface area contributed by atoms with Crippen LogP contribution in [0.1, 0.15) is 20.3 Å². The second-order valence-electron chi connectivity index (χ2n) is 4.01. The van der Waals surface area contributed by atoms with Crippen molar-refractivity contribution in [2.24, 2.45) is 10.1 Å². The summed E-state index contributed by atoms with van der Waals surface area (Å²) in [6.07, 6.45) is 4.34. The van der Waals surface area contributed by atoms with Gasteiger partial charge in [0, 0.05) is 11.1 Å². The molecule has 0 aliphatic heterocycles. The van der Waals surface area contributed by atoms with E-state index < -0.39 is 0 Å². The SMILES string of the molecule is C=CCN=c1scc(-c2ccco2)n1N=C(C)CC. The van der Waals surface area contributed by atoms with Gasteiger partial charge < -0.3 is 4.42 Å². The lowest BCUT2D eigenvalue weighted by Gasteiger charge is -2.02. The minimum absolute atomic E-state index is 0.582. The maximum absolute atomic E-state index is 5.45. The number of nitrogens with zero attached hydrogens (tertiary/aromatic N) is 3. The summed E-state index contributed by atoms with van der Waals surface area (Å²) in [5.41, 5.74) is 1.97. The van der Waals surface area contributed by atoms with Crippen molar-refractivity contribution in [3.63, 3.8) is 0 Å². The lowest BCUT2D eigenvalue weighted by atomic mass is 10.3. The average molecular weight is 275 g/mol. The van der Waals surface area contributed by atoms with Gasteiger partial charge in [-0.25, -0.2) is 4.68 Å². The van der Waals surface area contributed by atoms with E-state index in [4.69, 9.17) is 4.42 Å². The van der Waals surface area contributed by atoms with E-state index in [9.17, 15) is 0 Å². The minimum atomic E-state index is 0.582. The fourth-order valence-electron chi connectivity index (χ4n) is 1.48. The predicted molar refractivity (Wildman–Crippen MR) is 79.4 cm³/mol. The lowest BCUT2D eigenvalue weighted by molar-refractivity contribution is 0.575. The molecule has 2 heterocycles. The number of aromatic nitrogens is 1. The van der Waals surface area contributed by atoms with Crippen LogP contribution in [0.5, 0.6) is 0 Å². The van der Waals surface area contributed by atoms with Crippen LogP contribution in [0, 0.1) is 0 Å². The molecule has 0 N–H and O–H groups in total. The van der Waals surface area contributed by atoms with Crippen LogP contribution < -0.4 is 4.80 Å². The first-order chi connectivity index (χ1) is 9.26. The largest absolute Gasteiger partial charge is 0.463 e. The van der Waals surface area contributed by atoms with Crippen molar-refractivity contribution in [2.45, 2.75) is 20.3 Å². The molecule has 19 heavy (non-hydrogen) atoms. The van der Waals surface area contributed by atoms with Gasteiger partial charge in [0.05, 0.1) is 12.8 Å². The van der Waals surface area contributed by atoms with Gasteiger partial charge in [0.15, 0.2) is 5.76 Å². The van der Waals surface area contributed by atoms with E-state index >= 15 is 0 Å². The monoisotopic (exact) mass is 275 g/mol. The van der Waals surface area contributed by atoms with E-state index in [0.29, 0.717) is 6.54 Å². The molecule has 100 valence electrons. The van der Waals surface area contributed by atoms with Crippen molar-refractivity contribution in [1.29, 1.82) is 0 Å². The molecule has 0 atom stereocenters. The molecule has 0 radical (unpaired) electrons. The number of hydrogen-bond donors (Lipinski definition) is 0. The number of thiazole rings is 1. The van der Waals surface area contributed by atoms with Crippen LogP contribution in [0.3, 0.4) is 0 Å². The van der Waals surface area contributed by atoms with Crippen molar-refractivity contribution in [2.75, 3.05) is 6.54 Å². The van der Waals surface area contributed by atoms with Crippen molar-refractivity contribution in [3.05, 3.63) is 41.2 Å². The quantitative estimate of drug-likeness (QED) is 0.608. The van der Waals surface area contributed by atoms with Crippen LogP contribution in [-0.4, -0.2) is 16.9 Å². The fraction of sp³-hybridized carbons (Fsp3) is 0.286. The third-order valence-electron chi connectivity index (χ3n) is 2.60. The second kappa shape index (κ2) is 6.33. The molecule has 2 aromatic rings. The van der Waals surface area contributed by atoms with Crippen LogP contribution >= 0.6 is 11.3 Å². The van der Waals surface area contributed by atoms with Crippen LogP contribution in [0.15, 0.2) is 50.9 Å². The molecule has 0 aromatic carbocycles. The normalized spacial score (nSPS) is 12.9. The Morgan fingerprint density at radius 2 is 2.42 bits per heavy atom. The lowest BCUT2D eigenvalue weighted by Crippen LogP contribution is -2.13. The van der Waals surface area contributed by atoms with Crippen molar-refractivity contribution in [1.82, 2.24) is 4.68 Å². The third kappa shape index (κ3) is 3.12. The summed E-state index contributed by atoms with van der Waals surface area (Å²) in [4.78, 5) is 5.30. The smallest absolute Gasteiger partial charge is 0.206 e. The molecule has 2 aromatic heterocycles.